The number of methoxy groups -OCH3 is 1. The van der Waals surface area contributed by atoms with Crippen LogP contribution >= 0.6 is 0 Å². The number of rotatable bonds is 6. The Morgan fingerprint density at radius 3 is 2.48 bits per heavy atom. The highest BCUT2D eigenvalue weighted by atomic mass is 32.2. The highest BCUT2D eigenvalue weighted by molar-refractivity contribution is 7.92. The van der Waals surface area contributed by atoms with Crippen LogP contribution in [0.3, 0.4) is 0 Å². The maximum Gasteiger partial charge on any atom is 0.265 e. The van der Waals surface area contributed by atoms with E-state index in [4.69, 9.17) is 4.74 Å². The molecule has 0 aliphatic carbocycles. The number of anilines is 1. The summed E-state index contributed by atoms with van der Waals surface area (Å²) in [4.78, 5) is -0.147. The van der Waals surface area contributed by atoms with Gasteiger partial charge in [0.1, 0.15) is 10.6 Å². The second-order valence-electron chi connectivity index (χ2n) is 4.47. The van der Waals surface area contributed by atoms with Gasteiger partial charge in [-0.05, 0) is 30.2 Å². The van der Waals surface area contributed by atoms with Crippen LogP contribution in [0.15, 0.2) is 53.4 Å². The number of aromatic hydroxyl groups is 1. The van der Waals surface area contributed by atoms with Gasteiger partial charge in [0.05, 0.1) is 12.3 Å². The molecule has 0 heterocycles. The van der Waals surface area contributed by atoms with Gasteiger partial charge in [0, 0.05) is 7.11 Å². The molecule has 21 heavy (non-hydrogen) atoms. The van der Waals surface area contributed by atoms with Gasteiger partial charge in [-0.3, -0.25) is 4.72 Å². The molecule has 0 saturated heterocycles. The Bertz CT molecular complexity index is 713. The highest BCUT2D eigenvalue weighted by Gasteiger charge is 2.19. The van der Waals surface area contributed by atoms with E-state index in [2.05, 4.69) is 4.72 Å². The van der Waals surface area contributed by atoms with Crippen LogP contribution in [0.5, 0.6) is 5.75 Å². The van der Waals surface area contributed by atoms with Crippen LogP contribution in [0, 0.1) is 0 Å². The Morgan fingerprint density at radius 1 is 1.10 bits per heavy atom. The maximum absolute atomic E-state index is 12.3. The zero-order chi connectivity index (χ0) is 15.3. The standard InChI is InChI=1S/C15H17NO4S/c1-20-11-10-12-6-2-3-7-13(12)16-21(18,19)15-9-5-4-8-14(15)17/h2-9,16-17H,10-11H2,1H3. The quantitative estimate of drug-likeness (QED) is 0.859. The van der Waals surface area contributed by atoms with Gasteiger partial charge in [0.2, 0.25) is 0 Å². The molecule has 0 unspecified atom stereocenters. The third-order valence-corrected chi connectivity index (χ3v) is 4.40. The lowest BCUT2D eigenvalue weighted by molar-refractivity contribution is 0.202. The van der Waals surface area contributed by atoms with E-state index in [1.54, 1.807) is 31.4 Å². The molecule has 0 saturated carbocycles. The molecule has 2 aromatic carbocycles. The van der Waals surface area contributed by atoms with E-state index in [9.17, 15) is 13.5 Å². The SMILES string of the molecule is COCCc1ccccc1NS(=O)(=O)c1ccccc1O. The summed E-state index contributed by atoms with van der Waals surface area (Å²) in [6.07, 6.45) is 0.593. The molecule has 0 aliphatic heterocycles. The molecular weight excluding hydrogens is 290 g/mol. The third kappa shape index (κ3) is 3.74. The van der Waals surface area contributed by atoms with Crippen molar-refractivity contribution < 1.29 is 18.3 Å². The molecular formula is C15H17NO4S. The zero-order valence-corrected chi connectivity index (χ0v) is 12.4. The maximum atomic E-state index is 12.3. The van der Waals surface area contributed by atoms with Gasteiger partial charge >= 0.3 is 0 Å². The Kier molecular flexibility index (Phi) is 4.82. The van der Waals surface area contributed by atoms with Crippen LogP contribution < -0.4 is 4.72 Å². The molecule has 5 nitrogen and oxygen atoms in total. The van der Waals surface area contributed by atoms with Crippen molar-refractivity contribution in [2.45, 2.75) is 11.3 Å². The van der Waals surface area contributed by atoms with Gasteiger partial charge in [0.25, 0.3) is 10.0 Å². The van der Waals surface area contributed by atoms with Gasteiger partial charge in [-0.1, -0.05) is 30.3 Å². The Hall–Kier alpha value is -2.05. The van der Waals surface area contributed by atoms with E-state index >= 15 is 0 Å². The summed E-state index contributed by atoms with van der Waals surface area (Å²) >= 11 is 0. The van der Waals surface area contributed by atoms with Crippen LogP contribution in [-0.4, -0.2) is 27.2 Å². The first kappa shape index (κ1) is 15.3. The number of nitrogens with one attached hydrogen (secondary N) is 1. The summed E-state index contributed by atoms with van der Waals surface area (Å²) in [5.41, 5.74) is 1.32. The molecule has 2 N–H and O–H groups in total. The molecule has 0 spiro atoms. The first-order valence-corrected chi connectivity index (χ1v) is 7.90. The lowest BCUT2D eigenvalue weighted by Gasteiger charge is -2.13. The van der Waals surface area contributed by atoms with Crippen molar-refractivity contribution in [2.75, 3.05) is 18.4 Å². The number of ether oxygens (including phenoxy) is 1. The number of benzene rings is 2. The van der Waals surface area contributed by atoms with Crippen LogP contribution in [0.1, 0.15) is 5.56 Å². The number of phenolic OH excluding ortho intramolecular Hbond substituents is 1. The number of phenols is 1. The third-order valence-electron chi connectivity index (χ3n) is 2.99. The first-order valence-electron chi connectivity index (χ1n) is 6.42. The Labute approximate surface area is 124 Å². The minimum atomic E-state index is -3.83. The predicted molar refractivity (Wildman–Crippen MR) is 80.9 cm³/mol. The van der Waals surface area contributed by atoms with E-state index < -0.39 is 10.0 Å². The molecule has 0 aromatic heterocycles. The summed E-state index contributed by atoms with van der Waals surface area (Å²) < 4.78 is 32.2. The predicted octanol–water partition coefficient (Wildman–Crippen LogP) is 2.38. The molecule has 0 amide bonds. The minimum absolute atomic E-state index is 0.147. The number of sulfonamides is 1. The van der Waals surface area contributed by atoms with Gasteiger partial charge in [-0.25, -0.2) is 8.42 Å². The summed E-state index contributed by atoms with van der Waals surface area (Å²) in [5, 5.41) is 9.70. The van der Waals surface area contributed by atoms with Crippen molar-refractivity contribution in [3.63, 3.8) is 0 Å². The monoisotopic (exact) mass is 307 g/mol. The van der Waals surface area contributed by atoms with Gasteiger partial charge in [-0.15, -0.1) is 0 Å². The average Bonchev–Trinajstić information content (AvgIpc) is 2.46. The number of hydrogen-bond acceptors (Lipinski definition) is 4. The molecule has 0 atom stereocenters. The molecule has 0 bridgehead atoms. The molecule has 6 heteroatoms. The van der Waals surface area contributed by atoms with Crippen molar-refractivity contribution >= 4 is 15.7 Å². The molecule has 2 rings (SSSR count). The van der Waals surface area contributed by atoms with E-state index in [1.165, 1.54) is 12.1 Å². The fourth-order valence-corrected chi connectivity index (χ4v) is 3.13. The lowest BCUT2D eigenvalue weighted by Crippen LogP contribution is -2.14. The summed E-state index contributed by atoms with van der Waals surface area (Å²) in [6.45, 7) is 0.495. The molecule has 112 valence electrons. The van der Waals surface area contributed by atoms with Gasteiger partial charge in [-0.2, -0.15) is 0 Å². The molecule has 0 fully saturated rings. The van der Waals surface area contributed by atoms with Gasteiger partial charge in [0.15, 0.2) is 0 Å². The second-order valence-corrected chi connectivity index (χ2v) is 6.12. The van der Waals surface area contributed by atoms with E-state index in [0.717, 1.165) is 5.56 Å². The fraction of sp³-hybridized carbons (Fsp3) is 0.200. The van der Waals surface area contributed by atoms with Gasteiger partial charge < -0.3 is 9.84 Å². The highest BCUT2D eigenvalue weighted by Crippen LogP contribution is 2.25. The Morgan fingerprint density at radius 2 is 1.76 bits per heavy atom. The zero-order valence-electron chi connectivity index (χ0n) is 11.6. The topological polar surface area (TPSA) is 75.6 Å². The van der Waals surface area contributed by atoms with Crippen molar-refractivity contribution in [3.8, 4) is 5.75 Å². The van der Waals surface area contributed by atoms with E-state index in [0.29, 0.717) is 18.7 Å². The molecule has 0 aliphatic rings. The van der Waals surface area contributed by atoms with Crippen LogP contribution in [0.25, 0.3) is 0 Å². The summed E-state index contributed by atoms with van der Waals surface area (Å²) in [5.74, 6) is -0.278. The first-order chi connectivity index (χ1) is 10.0. The normalized spacial score (nSPS) is 11.3. The smallest absolute Gasteiger partial charge is 0.265 e. The fourth-order valence-electron chi connectivity index (χ4n) is 1.93. The van der Waals surface area contributed by atoms with Crippen LogP contribution in [-0.2, 0) is 21.2 Å². The van der Waals surface area contributed by atoms with Crippen molar-refractivity contribution in [1.29, 1.82) is 0 Å². The van der Waals surface area contributed by atoms with Crippen molar-refractivity contribution in [2.24, 2.45) is 0 Å². The summed E-state index contributed by atoms with van der Waals surface area (Å²) in [7, 11) is -2.24. The van der Waals surface area contributed by atoms with E-state index in [-0.39, 0.29) is 10.6 Å². The second kappa shape index (κ2) is 6.60. The molecule has 2 aromatic rings. The lowest BCUT2D eigenvalue weighted by atomic mass is 10.1. The number of hydrogen-bond donors (Lipinski definition) is 2. The van der Waals surface area contributed by atoms with Crippen LogP contribution in [0.2, 0.25) is 0 Å². The number of para-hydroxylation sites is 2. The Balaban J connectivity index is 2.31. The van der Waals surface area contributed by atoms with E-state index in [1.807, 2.05) is 12.1 Å². The summed E-state index contributed by atoms with van der Waals surface area (Å²) in [6, 6.07) is 12.9. The minimum Gasteiger partial charge on any atom is -0.507 e. The largest absolute Gasteiger partial charge is 0.507 e. The van der Waals surface area contributed by atoms with Crippen molar-refractivity contribution in [3.05, 3.63) is 54.1 Å². The van der Waals surface area contributed by atoms with Crippen molar-refractivity contribution in [1.82, 2.24) is 0 Å². The average molecular weight is 307 g/mol. The van der Waals surface area contributed by atoms with Crippen LogP contribution in [0.4, 0.5) is 5.69 Å². The molecule has 0 radical (unpaired) electrons.